The molecule has 3 aromatic rings. The van der Waals surface area contributed by atoms with Gasteiger partial charge in [-0.15, -0.1) is 0 Å². The highest BCUT2D eigenvalue weighted by Crippen LogP contribution is 2.17. The standard InChI is InChI=1S/C24H20ClN3O2/c1-17(11-12-18-7-3-2-4-8-18)27-28-23(29)19-13-15-20(16-14-19)26-24(30)21-9-5-6-10-22(21)25/h2-16H,1H3,(H,26,30)(H,28,29)/b12-11+,27-17?. The summed E-state index contributed by atoms with van der Waals surface area (Å²) in [5.41, 5.74) is 5.60. The summed E-state index contributed by atoms with van der Waals surface area (Å²) in [4.78, 5) is 24.6. The van der Waals surface area contributed by atoms with Gasteiger partial charge in [0, 0.05) is 11.3 Å². The highest BCUT2D eigenvalue weighted by atomic mass is 35.5. The zero-order valence-corrected chi connectivity index (χ0v) is 17.1. The van der Waals surface area contributed by atoms with Crippen LogP contribution in [-0.2, 0) is 0 Å². The van der Waals surface area contributed by atoms with Gasteiger partial charge in [-0.25, -0.2) is 5.43 Å². The van der Waals surface area contributed by atoms with Crippen LogP contribution in [0.5, 0.6) is 0 Å². The second-order valence-corrected chi connectivity index (χ2v) is 6.86. The normalized spacial score (nSPS) is 11.3. The molecule has 3 aromatic carbocycles. The van der Waals surface area contributed by atoms with Crippen LogP contribution in [0.25, 0.3) is 6.08 Å². The van der Waals surface area contributed by atoms with Crippen LogP contribution in [0.2, 0.25) is 5.02 Å². The SMILES string of the molecule is CC(/C=C/c1ccccc1)=NNC(=O)c1ccc(NC(=O)c2ccccc2Cl)cc1. The lowest BCUT2D eigenvalue weighted by Gasteiger charge is -2.07. The fourth-order valence-electron chi connectivity index (χ4n) is 2.57. The summed E-state index contributed by atoms with van der Waals surface area (Å²) in [6.45, 7) is 1.80. The molecule has 30 heavy (non-hydrogen) atoms. The Labute approximate surface area is 180 Å². The zero-order chi connectivity index (χ0) is 21.3. The van der Waals surface area contributed by atoms with Crippen molar-refractivity contribution in [1.82, 2.24) is 5.43 Å². The molecule has 0 aliphatic heterocycles. The molecular weight excluding hydrogens is 398 g/mol. The van der Waals surface area contributed by atoms with E-state index < -0.39 is 0 Å². The first-order valence-electron chi connectivity index (χ1n) is 9.26. The van der Waals surface area contributed by atoms with Gasteiger partial charge in [0.2, 0.25) is 0 Å². The molecule has 0 fully saturated rings. The molecule has 0 heterocycles. The predicted molar refractivity (Wildman–Crippen MR) is 122 cm³/mol. The Hall–Kier alpha value is -3.70. The lowest BCUT2D eigenvalue weighted by atomic mass is 10.1. The summed E-state index contributed by atoms with van der Waals surface area (Å²) in [6.07, 6.45) is 3.74. The topological polar surface area (TPSA) is 70.6 Å². The third-order valence-corrected chi connectivity index (χ3v) is 4.50. The van der Waals surface area contributed by atoms with Crippen LogP contribution in [0.15, 0.2) is 90.0 Å². The number of hydrazone groups is 1. The van der Waals surface area contributed by atoms with Crippen LogP contribution in [0.4, 0.5) is 5.69 Å². The highest BCUT2D eigenvalue weighted by molar-refractivity contribution is 6.34. The van der Waals surface area contributed by atoms with Crippen molar-refractivity contribution in [3.63, 3.8) is 0 Å². The van der Waals surface area contributed by atoms with Crippen molar-refractivity contribution in [1.29, 1.82) is 0 Å². The molecule has 0 aliphatic rings. The van der Waals surface area contributed by atoms with E-state index in [4.69, 9.17) is 11.6 Å². The number of rotatable bonds is 6. The minimum Gasteiger partial charge on any atom is -0.322 e. The fourth-order valence-corrected chi connectivity index (χ4v) is 2.79. The molecule has 0 unspecified atom stereocenters. The smallest absolute Gasteiger partial charge is 0.271 e. The van der Waals surface area contributed by atoms with Crippen molar-refractivity contribution in [2.24, 2.45) is 5.10 Å². The van der Waals surface area contributed by atoms with Crippen molar-refractivity contribution in [2.75, 3.05) is 5.32 Å². The van der Waals surface area contributed by atoms with E-state index >= 15 is 0 Å². The lowest BCUT2D eigenvalue weighted by molar-refractivity contribution is 0.0954. The molecule has 0 saturated carbocycles. The van der Waals surface area contributed by atoms with E-state index in [1.54, 1.807) is 55.5 Å². The molecule has 2 amide bonds. The Morgan fingerprint density at radius 1 is 0.867 bits per heavy atom. The van der Waals surface area contributed by atoms with Crippen LogP contribution >= 0.6 is 11.6 Å². The molecule has 5 nitrogen and oxygen atoms in total. The summed E-state index contributed by atoms with van der Waals surface area (Å²) in [5.74, 6) is -0.658. The molecule has 3 rings (SSSR count). The van der Waals surface area contributed by atoms with Crippen LogP contribution in [0.3, 0.4) is 0 Å². The monoisotopic (exact) mass is 417 g/mol. The van der Waals surface area contributed by atoms with Gasteiger partial charge in [0.25, 0.3) is 11.8 Å². The van der Waals surface area contributed by atoms with Crippen LogP contribution in [-0.4, -0.2) is 17.5 Å². The van der Waals surface area contributed by atoms with Gasteiger partial charge in [0.15, 0.2) is 0 Å². The fraction of sp³-hybridized carbons (Fsp3) is 0.0417. The molecule has 0 atom stereocenters. The Bertz CT molecular complexity index is 1090. The number of benzene rings is 3. The van der Waals surface area contributed by atoms with E-state index in [1.165, 1.54) is 0 Å². The number of hydrogen-bond acceptors (Lipinski definition) is 3. The van der Waals surface area contributed by atoms with Gasteiger partial charge in [-0.1, -0.05) is 60.1 Å². The van der Waals surface area contributed by atoms with E-state index in [9.17, 15) is 9.59 Å². The summed E-state index contributed by atoms with van der Waals surface area (Å²) in [7, 11) is 0. The molecule has 0 bridgehead atoms. The largest absolute Gasteiger partial charge is 0.322 e. The van der Waals surface area contributed by atoms with Crippen molar-refractivity contribution < 1.29 is 9.59 Å². The first-order chi connectivity index (χ1) is 14.5. The molecule has 0 spiro atoms. The van der Waals surface area contributed by atoms with Gasteiger partial charge < -0.3 is 5.32 Å². The Morgan fingerprint density at radius 2 is 1.53 bits per heavy atom. The third-order valence-electron chi connectivity index (χ3n) is 4.17. The van der Waals surface area contributed by atoms with E-state index in [0.717, 1.165) is 5.56 Å². The zero-order valence-electron chi connectivity index (χ0n) is 16.3. The van der Waals surface area contributed by atoms with Gasteiger partial charge in [-0.2, -0.15) is 5.10 Å². The van der Waals surface area contributed by atoms with Crippen LogP contribution < -0.4 is 10.7 Å². The number of anilines is 1. The number of carbonyl (C=O) groups is 2. The van der Waals surface area contributed by atoms with Gasteiger partial charge in [-0.05, 0) is 55.0 Å². The van der Waals surface area contributed by atoms with Crippen molar-refractivity contribution in [3.05, 3.63) is 107 Å². The first-order valence-corrected chi connectivity index (χ1v) is 9.64. The van der Waals surface area contributed by atoms with E-state index in [2.05, 4.69) is 15.8 Å². The Balaban J connectivity index is 1.57. The second kappa shape index (κ2) is 10.2. The Kier molecular flexibility index (Phi) is 7.14. The molecule has 0 aliphatic carbocycles. The summed E-state index contributed by atoms with van der Waals surface area (Å²) in [6, 6.07) is 23.1. The average Bonchev–Trinajstić information content (AvgIpc) is 2.77. The highest BCUT2D eigenvalue weighted by Gasteiger charge is 2.10. The number of nitrogens with one attached hydrogen (secondary N) is 2. The third kappa shape index (κ3) is 5.90. The maximum atomic E-state index is 12.3. The average molecular weight is 418 g/mol. The van der Waals surface area contributed by atoms with E-state index in [1.807, 2.05) is 42.5 Å². The lowest BCUT2D eigenvalue weighted by Crippen LogP contribution is -2.19. The van der Waals surface area contributed by atoms with Crippen LogP contribution in [0.1, 0.15) is 33.2 Å². The number of carbonyl (C=O) groups excluding carboxylic acids is 2. The molecular formula is C24H20ClN3O2. The van der Waals surface area contributed by atoms with Crippen molar-refractivity contribution in [2.45, 2.75) is 6.92 Å². The first kappa shape index (κ1) is 21.0. The molecule has 2 N–H and O–H groups in total. The molecule has 0 aromatic heterocycles. The predicted octanol–water partition coefficient (Wildman–Crippen LogP) is 5.41. The maximum absolute atomic E-state index is 12.3. The summed E-state index contributed by atoms with van der Waals surface area (Å²) >= 11 is 6.04. The minimum absolute atomic E-state index is 0.316. The van der Waals surface area contributed by atoms with Crippen molar-refractivity contribution >= 4 is 40.9 Å². The minimum atomic E-state index is -0.341. The molecule has 0 radical (unpaired) electrons. The maximum Gasteiger partial charge on any atom is 0.271 e. The number of halogens is 1. The number of amides is 2. The second-order valence-electron chi connectivity index (χ2n) is 6.45. The van der Waals surface area contributed by atoms with E-state index in [-0.39, 0.29) is 11.8 Å². The quantitative estimate of drug-likeness (QED) is 0.415. The number of nitrogens with zero attached hydrogens (tertiary/aromatic N) is 1. The van der Waals surface area contributed by atoms with E-state index in [0.29, 0.717) is 27.5 Å². The summed E-state index contributed by atoms with van der Waals surface area (Å²) in [5, 5.41) is 7.21. The van der Waals surface area contributed by atoms with Gasteiger partial charge in [-0.3, -0.25) is 9.59 Å². The van der Waals surface area contributed by atoms with Crippen molar-refractivity contribution in [3.8, 4) is 0 Å². The molecule has 0 saturated heterocycles. The Morgan fingerprint density at radius 3 is 2.23 bits per heavy atom. The van der Waals surface area contributed by atoms with Gasteiger partial charge in [0.05, 0.1) is 16.3 Å². The number of allylic oxidation sites excluding steroid dienone is 1. The van der Waals surface area contributed by atoms with Gasteiger partial charge in [0.1, 0.15) is 0 Å². The molecule has 6 heteroatoms. The van der Waals surface area contributed by atoms with Gasteiger partial charge >= 0.3 is 0 Å². The molecule has 150 valence electrons. The van der Waals surface area contributed by atoms with Crippen LogP contribution in [0, 0.1) is 0 Å². The summed E-state index contributed by atoms with van der Waals surface area (Å²) < 4.78 is 0. The number of hydrogen-bond donors (Lipinski definition) is 2.